The van der Waals surface area contributed by atoms with Gasteiger partial charge in [0.05, 0.1) is 17.3 Å². The Morgan fingerprint density at radius 3 is 2.43 bits per heavy atom. The van der Waals surface area contributed by atoms with Crippen LogP contribution in [0.1, 0.15) is 29.2 Å². The molecule has 4 aromatic rings. The summed E-state index contributed by atoms with van der Waals surface area (Å²) in [5.41, 5.74) is 16.7. The van der Waals surface area contributed by atoms with Gasteiger partial charge < -0.3 is 21.3 Å². The lowest BCUT2D eigenvalue weighted by molar-refractivity contribution is 0.0879. The summed E-state index contributed by atoms with van der Waals surface area (Å²) in [7, 11) is 2.18. The molecule has 1 saturated heterocycles. The zero-order chi connectivity index (χ0) is 25.5. The van der Waals surface area contributed by atoms with Crippen LogP contribution in [0.4, 0.5) is 5.82 Å². The Morgan fingerprint density at radius 2 is 1.70 bits per heavy atom. The van der Waals surface area contributed by atoms with Crippen LogP contribution < -0.4 is 11.5 Å². The highest BCUT2D eigenvalue weighted by molar-refractivity contribution is 6.04. The second-order valence-corrected chi connectivity index (χ2v) is 10.5. The van der Waals surface area contributed by atoms with Crippen LogP contribution in [-0.4, -0.2) is 70.2 Å². The Hall–Kier alpha value is -3.75. The fourth-order valence-electron chi connectivity index (χ4n) is 5.65. The number of piperazine rings is 1. The average Bonchev–Trinajstić information content (AvgIpc) is 3.23. The first-order valence-electron chi connectivity index (χ1n) is 13.0. The number of carbonyl (C=O) groups excluding carboxylic acids is 1. The monoisotopic (exact) mass is 495 g/mol. The van der Waals surface area contributed by atoms with Gasteiger partial charge in [0.1, 0.15) is 17.1 Å². The van der Waals surface area contributed by atoms with Gasteiger partial charge in [-0.3, -0.25) is 4.79 Å². The lowest BCUT2D eigenvalue weighted by atomic mass is 9.80. The van der Waals surface area contributed by atoms with Crippen molar-refractivity contribution in [1.82, 2.24) is 24.6 Å². The van der Waals surface area contributed by atoms with Crippen LogP contribution >= 0.6 is 0 Å². The van der Waals surface area contributed by atoms with Crippen LogP contribution in [0, 0.1) is 5.92 Å². The van der Waals surface area contributed by atoms with Crippen LogP contribution in [0.15, 0.2) is 60.7 Å². The van der Waals surface area contributed by atoms with E-state index in [1.165, 1.54) is 0 Å². The highest BCUT2D eigenvalue weighted by Gasteiger charge is 2.35. The van der Waals surface area contributed by atoms with Gasteiger partial charge in [0.25, 0.3) is 5.91 Å². The van der Waals surface area contributed by atoms with Crippen LogP contribution in [-0.2, 0) is 0 Å². The molecule has 1 amide bonds. The van der Waals surface area contributed by atoms with Gasteiger partial charge in [0, 0.05) is 49.2 Å². The fraction of sp³-hybridized carbons (Fsp3) is 0.345. The molecule has 0 unspecified atom stereocenters. The molecule has 1 aliphatic heterocycles. The molecule has 8 heteroatoms. The quantitative estimate of drug-likeness (QED) is 0.423. The normalized spacial score (nSPS) is 20.7. The molecule has 4 N–H and O–H groups in total. The molecule has 0 atom stereocenters. The molecule has 37 heavy (non-hydrogen) atoms. The summed E-state index contributed by atoms with van der Waals surface area (Å²) in [5.74, 6) is 0.425. The number of benzene rings is 2. The first-order chi connectivity index (χ1) is 18.0. The van der Waals surface area contributed by atoms with E-state index in [0.717, 1.165) is 73.3 Å². The van der Waals surface area contributed by atoms with E-state index in [-0.39, 0.29) is 6.04 Å². The molecular weight excluding hydrogens is 462 g/mol. The van der Waals surface area contributed by atoms with Crippen molar-refractivity contribution in [1.29, 1.82) is 0 Å². The van der Waals surface area contributed by atoms with Gasteiger partial charge in [0.2, 0.25) is 0 Å². The van der Waals surface area contributed by atoms with E-state index in [0.29, 0.717) is 23.0 Å². The van der Waals surface area contributed by atoms with Gasteiger partial charge in [0.15, 0.2) is 0 Å². The predicted octanol–water partition coefficient (Wildman–Crippen LogP) is 3.64. The third kappa shape index (κ3) is 4.58. The summed E-state index contributed by atoms with van der Waals surface area (Å²) >= 11 is 0. The Kier molecular flexibility index (Phi) is 6.14. The Labute approximate surface area is 216 Å². The summed E-state index contributed by atoms with van der Waals surface area (Å²) in [6.45, 7) is 5.61. The van der Waals surface area contributed by atoms with Crippen LogP contribution in [0.5, 0.6) is 0 Å². The van der Waals surface area contributed by atoms with E-state index < -0.39 is 5.91 Å². The summed E-state index contributed by atoms with van der Waals surface area (Å²) in [4.78, 5) is 22.3. The number of aromatic nitrogens is 3. The van der Waals surface area contributed by atoms with Crippen molar-refractivity contribution in [2.75, 3.05) is 45.5 Å². The first kappa shape index (κ1) is 23.6. The molecule has 190 valence electrons. The highest BCUT2D eigenvalue weighted by Crippen LogP contribution is 2.41. The number of nitrogens with two attached hydrogens (primary N) is 2. The SMILES string of the molecule is CN1CCN(C[C@H]2C[C@H](n3nc(-c4ccc5ccc(-c6ccccc6)nc5c4)c(C(N)=O)c3N)C2)CC1. The highest BCUT2D eigenvalue weighted by atomic mass is 16.1. The summed E-state index contributed by atoms with van der Waals surface area (Å²) in [6, 6.07) is 20.3. The lowest BCUT2D eigenvalue weighted by Crippen LogP contribution is -2.47. The van der Waals surface area contributed by atoms with E-state index in [2.05, 4.69) is 22.9 Å². The van der Waals surface area contributed by atoms with Crippen molar-refractivity contribution in [2.24, 2.45) is 11.7 Å². The molecule has 2 aromatic heterocycles. The number of anilines is 1. The molecule has 8 nitrogen and oxygen atoms in total. The average molecular weight is 496 g/mol. The number of amides is 1. The Bertz CT molecular complexity index is 1430. The molecule has 1 saturated carbocycles. The van der Waals surface area contributed by atoms with Crippen molar-refractivity contribution in [3.8, 4) is 22.5 Å². The van der Waals surface area contributed by atoms with Crippen molar-refractivity contribution in [3.05, 3.63) is 66.2 Å². The van der Waals surface area contributed by atoms with Gasteiger partial charge in [-0.05, 0) is 37.9 Å². The standard InChI is InChI=1S/C29H33N7O/c1-34-11-13-35(14-12-34)18-19-15-23(16-19)36-28(30)26(29(31)37)27(33-36)22-8-7-21-9-10-24(32-25(21)17-22)20-5-3-2-4-6-20/h2-10,17,19,23H,11-16,18,30H2,1H3,(H2,31,37)/t19-,23-. The largest absolute Gasteiger partial charge is 0.383 e. The van der Waals surface area contributed by atoms with Crippen molar-refractivity contribution >= 4 is 22.6 Å². The van der Waals surface area contributed by atoms with E-state index in [4.69, 9.17) is 21.5 Å². The zero-order valence-corrected chi connectivity index (χ0v) is 21.2. The van der Waals surface area contributed by atoms with Gasteiger partial charge >= 0.3 is 0 Å². The van der Waals surface area contributed by atoms with E-state index in [1.54, 1.807) is 0 Å². The smallest absolute Gasteiger partial charge is 0.254 e. The summed E-state index contributed by atoms with van der Waals surface area (Å²) in [5, 5.41) is 5.86. The molecule has 0 spiro atoms. The zero-order valence-electron chi connectivity index (χ0n) is 21.2. The number of carbonyl (C=O) groups is 1. The van der Waals surface area contributed by atoms with Gasteiger partial charge in [-0.1, -0.05) is 48.5 Å². The van der Waals surface area contributed by atoms with Crippen LogP contribution in [0.3, 0.4) is 0 Å². The first-order valence-corrected chi connectivity index (χ1v) is 13.0. The van der Waals surface area contributed by atoms with Gasteiger partial charge in [-0.15, -0.1) is 0 Å². The third-order valence-electron chi connectivity index (χ3n) is 7.90. The lowest BCUT2D eigenvalue weighted by Gasteiger charge is -2.41. The minimum atomic E-state index is -0.557. The van der Waals surface area contributed by atoms with Crippen molar-refractivity contribution in [2.45, 2.75) is 18.9 Å². The van der Waals surface area contributed by atoms with E-state index in [9.17, 15) is 4.79 Å². The Balaban J connectivity index is 1.26. The van der Waals surface area contributed by atoms with Crippen molar-refractivity contribution < 1.29 is 4.79 Å². The summed E-state index contributed by atoms with van der Waals surface area (Å²) in [6.07, 6.45) is 2.02. The molecule has 2 fully saturated rings. The number of primary amides is 1. The van der Waals surface area contributed by atoms with Crippen LogP contribution in [0.25, 0.3) is 33.4 Å². The van der Waals surface area contributed by atoms with Gasteiger partial charge in [-0.25, -0.2) is 9.67 Å². The number of hydrogen-bond donors (Lipinski definition) is 2. The molecule has 2 aliphatic rings. The number of hydrogen-bond acceptors (Lipinski definition) is 6. The number of likely N-dealkylation sites (N-methyl/N-ethyl adjacent to an activating group) is 1. The van der Waals surface area contributed by atoms with E-state index in [1.807, 2.05) is 59.3 Å². The molecule has 2 aromatic carbocycles. The minimum absolute atomic E-state index is 0.188. The number of rotatable bonds is 6. The summed E-state index contributed by atoms with van der Waals surface area (Å²) < 4.78 is 1.83. The molecule has 1 aliphatic carbocycles. The minimum Gasteiger partial charge on any atom is -0.383 e. The number of nitrogens with zero attached hydrogens (tertiary/aromatic N) is 5. The number of pyridine rings is 1. The van der Waals surface area contributed by atoms with Crippen molar-refractivity contribution in [3.63, 3.8) is 0 Å². The maximum atomic E-state index is 12.5. The Morgan fingerprint density at radius 1 is 0.973 bits per heavy atom. The predicted molar refractivity (Wildman–Crippen MR) is 147 cm³/mol. The third-order valence-corrected chi connectivity index (χ3v) is 7.90. The second kappa shape index (κ2) is 9.61. The fourth-order valence-corrected chi connectivity index (χ4v) is 5.65. The topological polar surface area (TPSA) is 106 Å². The maximum absolute atomic E-state index is 12.5. The van der Waals surface area contributed by atoms with Crippen LogP contribution in [0.2, 0.25) is 0 Å². The molecule has 6 rings (SSSR count). The molecular formula is C29H33N7O. The molecule has 0 radical (unpaired) electrons. The number of nitrogen functional groups attached to an aromatic ring is 1. The number of fused-ring (bicyclic) bond motifs is 1. The maximum Gasteiger partial charge on any atom is 0.254 e. The molecule has 3 heterocycles. The van der Waals surface area contributed by atoms with Gasteiger partial charge in [-0.2, -0.15) is 5.10 Å². The van der Waals surface area contributed by atoms with E-state index >= 15 is 0 Å². The molecule has 0 bridgehead atoms. The second-order valence-electron chi connectivity index (χ2n) is 10.5.